The Morgan fingerprint density at radius 3 is 2.40 bits per heavy atom. The van der Waals surface area contributed by atoms with E-state index in [4.69, 9.17) is 10.6 Å². The summed E-state index contributed by atoms with van der Waals surface area (Å²) in [5.74, 6) is 7.44. The maximum atomic E-state index is 13.4. The zero-order valence-electron chi connectivity index (χ0n) is 20.3. The first-order valence-corrected chi connectivity index (χ1v) is 12.2. The predicted octanol–water partition coefficient (Wildman–Crippen LogP) is 5.28. The van der Waals surface area contributed by atoms with Crippen molar-refractivity contribution in [1.82, 2.24) is 14.9 Å². The highest BCUT2D eigenvalue weighted by molar-refractivity contribution is 8.00. The molecular formula is C27H29N5O2S. The summed E-state index contributed by atoms with van der Waals surface area (Å²) in [5, 5.41) is 11.4. The molecule has 1 atom stereocenters. The first-order valence-electron chi connectivity index (χ1n) is 11.3. The number of nitrogen functional groups attached to an aromatic ring is 1. The van der Waals surface area contributed by atoms with Crippen LogP contribution in [0.4, 0.5) is 5.69 Å². The van der Waals surface area contributed by atoms with E-state index in [1.807, 2.05) is 94.4 Å². The van der Waals surface area contributed by atoms with Gasteiger partial charge in [-0.3, -0.25) is 4.79 Å². The maximum absolute atomic E-state index is 13.4. The van der Waals surface area contributed by atoms with E-state index in [0.29, 0.717) is 11.0 Å². The minimum absolute atomic E-state index is 0.161. The zero-order valence-corrected chi connectivity index (χ0v) is 21.1. The van der Waals surface area contributed by atoms with Crippen LogP contribution < -0.4 is 15.9 Å². The molecule has 8 heteroatoms. The van der Waals surface area contributed by atoms with Crippen LogP contribution >= 0.6 is 11.8 Å². The van der Waals surface area contributed by atoms with Gasteiger partial charge in [0.1, 0.15) is 17.6 Å². The molecule has 0 spiro atoms. The second kappa shape index (κ2) is 10.7. The van der Waals surface area contributed by atoms with E-state index >= 15 is 0 Å². The van der Waals surface area contributed by atoms with Crippen molar-refractivity contribution in [2.75, 3.05) is 11.2 Å². The number of nitrogens with zero attached hydrogens (tertiary/aromatic N) is 3. The summed E-state index contributed by atoms with van der Waals surface area (Å²) in [6.07, 6.45) is 0. The van der Waals surface area contributed by atoms with E-state index in [9.17, 15) is 4.79 Å². The summed E-state index contributed by atoms with van der Waals surface area (Å²) in [4.78, 5) is 13.4. The van der Waals surface area contributed by atoms with Crippen molar-refractivity contribution in [3.63, 3.8) is 0 Å². The van der Waals surface area contributed by atoms with Gasteiger partial charge in [0.2, 0.25) is 11.1 Å². The number of benzene rings is 3. The lowest BCUT2D eigenvalue weighted by Gasteiger charge is -2.18. The van der Waals surface area contributed by atoms with Crippen molar-refractivity contribution in [2.45, 2.75) is 44.7 Å². The highest BCUT2D eigenvalue weighted by Crippen LogP contribution is 2.35. The number of nitrogens with two attached hydrogens (primary N) is 1. The Hall–Kier alpha value is -3.78. The summed E-state index contributed by atoms with van der Waals surface area (Å²) >= 11 is 1.25. The van der Waals surface area contributed by atoms with Crippen LogP contribution in [0.2, 0.25) is 0 Å². The molecule has 4 rings (SSSR count). The number of hydrogen-bond donors (Lipinski definition) is 2. The molecular weight excluding hydrogens is 458 g/mol. The van der Waals surface area contributed by atoms with Crippen molar-refractivity contribution in [3.05, 3.63) is 100 Å². The number of hydrogen-bond acceptors (Lipinski definition) is 6. The highest BCUT2D eigenvalue weighted by Gasteiger charge is 2.26. The standard InChI is InChI=1S/C27H29N5O2S/c1-17-13-14-18(2)22(15-17)29-26(33)25(21-11-6-5-7-12-21)35-27-31-30-23(32(27)28)16-34-24-19(3)9-8-10-20(24)4/h5-15,25H,16,28H2,1-4H3,(H,29,33). The predicted molar refractivity (Wildman–Crippen MR) is 140 cm³/mol. The fourth-order valence-corrected chi connectivity index (χ4v) is 4.70. The van der Waals surface area contributed by atoms with Crippen LogP contribution in [-0.4, -0.2) is 20.8 Å². The average molecular weight is 488 g/mol. The molecule has 0 saturated carbocycles. The Kier molecular flexibility index (Phi) is 7.41. The van der Waals surface area contributed by atoms with Gasteiger partial charge >= 0.3 is 0 Å². The van der Waals surface area contributed by atoms with Gasteiger partial charge in [-0.15, -0.1) is 10.2 Å². The first kappa shape index (κ1) is 24.3. The first-order chi connectivity index (χ1) is 16.8. The molecule has 3 aromatic carbocycles. The van der Waals surface area contributed by atoms with E-state index in [1.54, 1.807) is 0 Å². The summed E-state index contributed by atoms with van der Waals surface area (Å²) in [6.45, 7) is 8.13. The third-order valence-electron chi connectivity index (χ3n) is 5.70. The highest BCUT2D eigenvalue weighted by atomic mass is 32.2. The van der Waals surface area contributed by atoms with Crippen molar-refractivity contribution in [1.29, 1.82) is 0 Å². The van der Waals surface area contributed by atoms with E-state index in [-0.39, 0.29) is 12.5 Å². The molecule has 1 unspecified atom stereocenters. The number of anilines is 1. The molecule has 4 aromatic rings. The second-order valence-corrected chi connectivity index (χ2v) is 9.57. The van der Waals surface area contributed by atoms with Gasteiger partial charge in [0, 0.05) is 5.69 Å². The Bertz CT molecular complexity index is 1320. The largest absolute Gasteiger partial charge is 0.485 e. The van der Waals surface area contributed by atoms with Gasteiger partial charge in [0.05, 0.1) is 0 Å². The molecule has 1 heterocycles. The minimum Gasteiger partial charge on any atom is -0.485 e. The number of aromatic nitrogens is 3. The van der Waals surface area contributed by atoms with Gasteiger partial charge in [-0.05, 0) is 61.6 Å². The Labute approximate surface area is 209 Å². The molecule has 1 aromatic heterocycles. The van der Waals surface area contributed by atoms with E-state index < -0.39 is 5.25 Å². The summed E-state index contributed by atoms with van der Waals surface area (Å²) in [5.41, 5.74) is 5.77. The number of carbonyl (C=O) groups excluding carboxylic acids is 1. The summed E-state index contributed by atoms with van der Waals surface area (Å²) < 4.78 is 7.38. The smallest absolute Gasteiger partial charge is 0.242 e. The molecule has 7 nitrogen and oxygen atoms in total. The van der Waals surface area contributed by atoms with Gasteiger partial charge < -0.3 is 15.9 Å². The minimum atomic E-state index is -0.574. The van der Waals surface area contributed by atoms with Gasteiger partial charge in [0.15, 0.2) is 5.82 Å². The monoisotopic (exact) mass is 487 g/mol. The van der Waals surface area contributed by atoms with Crippen molar-refractivity contribution in [2.24, 2.45) is 0 Å². The number of aryl methyl sites for hydroxylation is 4. The van der Waals surface area contributed by atoms with E-state index in [1.165, 1.54) is 16.4 Å². The molecule has 1 amide bonds. The molecule has 0 aliphatic carbocycles. The number of rotatable bonds is 8. The van der Waals surface area contributed by atoms with Gasteiger partial charge in [-0.2, -0.15) is 0 Å². The average Bonchev–Trinajstić information content (AvgIpc) is 3.19. The second-order valence-electron chi connectivity index (χ2n) is 8.49. The number of para-hydroxylation sites is 1. The number of carbonyl (C=O) groups is 1. The molecule has 0 saturated heterocycles. The molecule has 35 heavy (non-hydrogen) atoms. The lowest BCUT2D eigenvalue weighted by Crippen LogP contribution is -2.21. The number of thioether (sulfide) groups is 1. The third-order valence-corrected chi connectivity index (χ3v) is 6.92. The van der Waals surface area contributed by atoms with Crippen LogP contribution in [-0.2, 0) is 11.4 Å². The normalized spacial score (nSPS) is 11.8. The Balaban J connectivity index is 1.55. The van der Waals surface area contributed by atoms with Crippen LogP contribution in [0, 0.1) is 27.7 Å². The molecule has 180 valence electrons. The van der Waals surface area contributed by atoms with Crippen LogP contribution in [0.15, 0.2) is 71.9 Å². The molecule has 0 fully saturated rings. The molecule has 3 N–H and O–H groups in total. The SMILES string of the molecule is Cc1ccc(C)c(NC(=O)C(Sc2nnc(COc3c(C)cccc3C)n2N)c2ccccc2)c1. The van der Waals surface area contributed by atoms with Gasteiger partial charge in [0.25, 0.3) is 0 Å². The van der Waals surface area contributed by atoms with Gasteiger partial charge in [-0.1, -0.05) is 72.4 Å². The van der Waals surface area contributed by atoms with Gasteiger partial charge in [-0.25, -0.2) is 4.68 Å². The van der Waals surface area contributed by atoms with Crippen molar-refractivity contribution < 1.29 is 9.53 Å². The Morgan fingerprint density at radius 2 is 1.69 bits per heavy atom. The fraction of sp³-hybridized carbons (Fsp3) is 0.222. The molecule has 0 bridgehead atoms. The molecule has 0 radical (unpaired) electrons. The van der Waals surface area contributed by atoms with Crippen LogP contribution in [0.3, 0.4) is 0 Å². The quantitative estimate of drug-likeness (QED) is 0.259. The number of nitrogens with one attached hydrogen (secondary N) is 1. The van der Waals surface area contributed by atoms with Crippen molar-refractivity contribution >= 4 is 23.4 Å². The molecule has 0 aliphatic heterocycles. The number of amides is 1. The van der Waals surface area contributed by atoms with Crippen LogP contribution in [0.5, 0.6) is 5.75 Å². The van der Waals surface area contributed by atoms with E-state index in [0.717, 1.165) is 39.3 Å². The Morgan fingerprint density at radius 1 is 0.971 bits per heavy atom. The van der Waals surface area contributed by atoms with Crippen molar-refractivity contribution in [3.8, 4) is 5.75 Å². The summed E-state index contributed by atoms with van der Waals surface area (Å²) in [6, 6.07) is 21.5. The fourth-order valence-electron chi connectivity index (χ4n) is 3.72. The van der Waals surface area contributed by atoms with Crippen LogP contribution in [0.1, 0.15) is 38.9 Å². The topological polar surface area (TPSA) is 95.1 Å². The van der Waals surface area contributed by atoms with Crippen LogP contribution in [0.25, 0.3) is 0 Å². The third kappa shape index (κ3) is 5.66. The lowest BCUT2D eigenvalue weighted by molar-refractivity contribution is -0.115. The molecule has 0 aliphatic rings. The van der Waals surface area contributed by atoms with E-state index in [2.05, 4.69) is 15.5 Å². The number of ether oxygens (including phenoxy) is 1. The summed E-state index contributed by atoms with van der Waals surface area (Å²) in [7, 11) is 0. The zero-order chi connectivity index (χ0) is 24.9. The lowest BCUT2D eigenvalue weighted by atomic mass is 10.1. The maximum Gasteiger partial charge on any atom is 0.242 e.